The molecule has 2 aliphatic carbocycles. The Morgan fingerprint density at radius 3 is 1.61 bits per heavy atom. The zero-order valence-corrected chi connectivity index (χ0v) is 37.8. The summed E-state index contributed by atoms with van der Waals surface area (Å²) in [7, 11) is 3.43. The second kappa shape index (κ2) is 20.8. The van der Waals surface area contributed by atoms with Gasteiger partial charge in [0.25, 0.3) is 0 Å². The van der Waals surface area contributed by atoms with Crippen LogP contribution >= 0.6 is 15.9 Å². The largest absolute Gasteiger partial charge is 0.481 e. The van der Waals surface area contributed by atoms with Crippen LogP contribution in [0.4, 0.5) is 0 Å². The summed E-state index contributed by atoms with van der Waals surface area (Å²) in [5.41, 5.74) is 22.4. The van der Waals surface area contributed by atoms with Gasteiger partial charge in [-0.25, -0.2) is 0 Å². The van der Waals surface area contributed by atoms with Gasteiger partial charge in [0.05, 0.1) is 26.4 Å². The number of benzene rings is 5. The minimum atomic E-state index is -0.746. The third-order valence-electron chi connectivity index (χ3n) is 13.1. The number of aryl methyl sites for hydroxylation is 1. The van der Waals surface area contributed by atoms with E-state index in [9.17, 15) is 4.79 Å². The van der Waals surface area contributed by atoms with Crippen molar-refractivity contribution in [2.24, 2.45) is 5.73 Å². The van der Waals surface area contributed by atoms with E-state index in [1.54, 1.807) is 14.2 Å². The number of carbonyl (C=O) groups is 1. The van der Waals surface area contributed by atoms with E-state index in [1.165, 1.54) is 66.8 Å². The molecule has 5 aromatic carbocycles. The summed E-state index contributed by atoms with van der Waals surface area (Å²) in [5, 5.41) is 9.08. The van der Waals surface area contributed by atoms with Crippen LogP contribution in [0.1, 0.15) is 92.5 Å². The molecule has 0 aliphatic heterocycles. The molecule has 5 aromatic rings. The summed E-state index contributed by atoms with van der Waals surface area (Å²) in [6.45, 7) is 6.86. The average Bonchev–Trinajstić information content (AvgIpc) is 3.67. The molecule has 0 spiro atoms. The molecule has 322 valence electrons. The van der Waals surface area contributed by atoms with E-state index in [-0.39, 0.29) is 17.3 Å². The third-order valence-corrected chi connectivity index (χ3v) is 13.6. The number of carboxylic acid groups (broad SMARTS) is 1. The number of hydrogen-bond donors (Lipinski definition) is 2. The van der Waals surface area contributed by atoms with E-state index in [2.05, 4.69) is 120 Å². The predicted octanol–water partition coefficient (Wildman–Crippen LogP) is 11.8. The molecule has 0 radical (unpaired) electrons. The van der Waals surface area contributed by atoms with Gasteiger partial charge in [-0.3, -0.25) is 4.79 Å². The Hall–Kier alpha value is -4.15. The summed E-state index contributed by atoms with van der Waals surface area (Å²) in [6.07, 6.45) is 8.43. The number of aliphatic carboxylic acids is 1. The molecule has 61 heavy (non-hydrogen) atoms. The number of carboxylic acids is 1. The van der Waals surface area contributed by atoms with Gasteiger partial charge in [-0.2, -0.15) is 0 Å². The molecule has 0 saturated carbocycles. The normalized spacial score (nSPS) is 15.7. The molecule has 0 amide bonds. The van der Waals surface area contributed by atoms with Crippen LogP contribution in [0, 0.1) is 0 Å². The van der Waals surface area contributed by atoms with Gasteiger partial charge in [0.1, 0.15) is 0 Å². The molecule has 8 heteroatoms. The first-order valence-electron chi connectivity index (χ1n) is 22.1. The van der Waals surface area contributed by atoms with Crippen molar-refractivity contribution < 1.29 is 28.8 Å². The smallest absolute Gasteiger partial charge is 0.303 e. The van der Waals surface area contributed by atoms with Gasteiger partial charge >= 0.3 is 5.97 Å². The number of fused-ring (bicyclic) bond motifs is 6. The second-order valence-corrected chi connectivity index (χ2v) is 17.9. The first-order chi connectivity index (χ1) is 29.7. The summed E-state index contributed by atoms with van der Waals surface area (Å²) in [6, 6.07) is 36.7. The number of nitrogens with two attached hydrogens (primary N) is 1. The van der Waals surface area contributed by atoms with Crippen LogP contribution in [0.5, 0.6) is 0 Å². The molecule has 0 bridgehead atoms. The zero-order valence-electron chi connectivity index (χ0n) is 36.2. The number of hydrogen-bond acceptors (Lipinski definition) is 6. The van der Waals surface area contributed by atoms with Crippen LogP contribution < -0.4 is 5.73 Å². The van der Waals surface area contributed by atoms with Crippen molar-refractivity contribution >= 4 is 21.9 Å². The van der Waals surface area contributed by atoms with Crippen molar-refractivity contribution in [3.63, 3.8) is 0 Å². The van der Waals surface area contributed by atoms with Crippen LogP contribution in [0.15, 0.2) is 102 Å². The fraction of sp³-hybridized carbons (Fsp3) is 0.415. The number of methoxy groups -OCH3 is 2. The van der Waals surface area contributed by atoms with E-state index < -0.39 is 5.97 Å². The highest BCUT2D eigenvalue weighted by atomic mass is 79.9. The van der Waals surface area contributed by atoms with E-state index in [4.69, 9.17) is 29.8 Å². The lowest BCUT2D eigenvalue weighted by Crippen LogP contribution is -2.27. The molecule has 0 heterocycles. The molecule has 2 aliphatic rings. The number of halogens is 1. The first-order valence-corrected chi connectivity index (χ1v) is 22.9. The molecular formula is C53H62BrNO6. The summed E-state index contributed by atoms with van der Waals surface area (Å²) >= 11 is 3.84. The highest BCUT2D eigenvalue weighted by molar-refractivity contribution is 9.10. The standard InChI is InChI=1S/C53H62BrNO6/c1-52(23-4-5-26-55)47-33-39(38-13-11-37(12-14-38)9-6-10-51(56)57)15-19-43(47)44-20-16-40(34-48(44)52)41-17-21-45-46-22-18-42(54)36-50(46)53(49(45)35-41,24-7-27-60-31-29-58-2)25-8-28-61-32-30-59-3/h11-22,33-36H,4-10,23-32,55H2,1-3H3,(H,56,57). The Bertz CT molecular complexity index is 2250. The highest BCUT2D eigenvalue weighted by Gasteiger charge is 2.43. The molecule has 0 aromatic heterocycles. The fourth-order valence-electron chi connectivity index (χ4n) is 9.93. The van der Waals surface area contributed by atoms with E-state index in [1.807, 2.05) is 0 Å². The van der Waals surface area contributed by atoms with Gasteiger partial charge in [-0.1, -0.05) is 96.0 Å². The topological polar surface area (TPSA) is 100 Å². The summed E-state index contributed by atoms with van der Waals surface area (Å²) < 4.78 is 23.6. The fourth-order valence-corrected chi connectivity index (χ4v) is 10.3. The second-order valence-electron chi connectivity index (χ2n) is 17.0. The molecule has 0 fully saturated rings. The van der Waals surface area contributed by atoms with Crippen molar-refractivity contribution in [1.29, 1.82) is 0 Å². The van der Waals surface area contributed by atoms with Crippen LogP contribution in [-0.2, 0) is 41.0 Å². The monoisotopic (exact) mass is 887 g/mol. The first kappa shape index (κ1) is 44.9. The van der Waals surface area contributed by atoms with Crippen LogP contribution in [-0.4, -0.2) is 71.5 Å². The Labute approximate surface area is 371 Å². The molecule has 7 rings (SSSR count). The Morgan fingerprint density at radius 2 is 1.07 bits per heavy atom. The lowest BCUT2D eigenvalue weighted by Gasteiger charge is -2.33. The number of rotatable bonds is 24. The van der Waals surface area contributed by atoms with Gasteiger partial charge in [-0.15, -0.1) is 0 Å². The van der Waals surface area contributed by atoms with Gasteiger partial charge in [0, 0.05) is 49.2 Å². The summed E-state index contributed by atoms with van der Waals surface area (Å²) in [5.74, 6) is -0.746. The van der Waals surface area contributed by atoms with Crippen LogP contribution in [0.3, 0.4) is 0 Å². The Kier molecular flexibility index (Phi) is 15.3. The van der Waals surface area contributed by atoms with Gasteiger partial charge in [0.15, 0.2) is 0 Å². The lowest BCUT2D eigenvalue weighted by molar-refractivity contribution is -0.137. The van der Waals surface area contributed by atoms with Crippen molar-refractivity contribution in [2.45, 2.75) is 82.0 Å². The molecule has 1 atom stereocenters. The maximum Gasteiger partial charge on any atom is 0.303 e. The van der Waals surface area contributed by atoms with E-state index in [0.717, 1.165) is 61.4 Å². The predicted molar refractivity (Wildman–Crippen MR) is 250 cm³/mol. The Balaban J connectivity index is 1.24. The quantitative estimate of drug-likeness (QED) is 0.0595. The van der Waals surface area contributed by atoms with Gasteiger partial charge < -0.3 is 29.8 Å². The molecule has 3 N–H and O–H groups in total. The highest BCUT2D eigenvalue weighted by Crippen LogP contribution is 2.56. The average molecular weight is 889 g/mol. The Morgan fingerprint density at radius 1 is 0.574 bits per heavy atom. The van der Waals surface area contributed by atoms with Gasteiger partial charge in [-0.05, 0) is 161 Å². The van der Waals surface area contributed by atoms with Crippen molar-refractivity contribution in [3.8, 4) is 44.5 Å². The number of ether oxygens (including phenoxy) is 4. The zero-order chi connectivity index (χ0) is 42.8. The molecule has 1 unspecified atom stereocenters. The van der Waals surface area contributed by atoms with E-state index in [0.29, 0.717) is 52.6 Å². The number of unbranched alkanes of at least 4 members (excludes halogenated alkanes) is 1. The molecular weight excluding hydrogens is 826 g/mol. The van der Waals surface area contributed by atoms with E-state index >= 15 is 0 Å². The van der Waals surface area contributed by atoms with Crippen LogP contribution in [0.2, 0.25) is 0 Å². The summed E-state index contributed by atoms with van der Waals surface area (Å²) in [4.78, 5) is 11.0. The maximum absolute atomic E-state index is 11.0. The van der Waals surface area contributed by atoms with Gasteiger partial charge in [0.2, 0.25) is 0 Å². The SMILES string of the molecule is COCCOCCCC1(CCCOCCOC)c2cc(Br)ccc2-c2ccc(-c3ccc4c(c3)C(C)(CCCCN)c3cc(-c5ccc(CCCC(=O)O)cc5)ccc3-4)cc21. The minimum Gasteiger partial charge on any atom is -0.481 e. The van der Waals surface area contributed by atoms with Crippen molar-refractivity contribution in [3.05, 3.63) is 129 Å². The molecule has 7 nitrogen and oxygen atoms in total. The van der Waals surface area contributed by atoms with Crippen molar-refractivity contribution in [2.75, 3.05) is 60.4 Å². The lowest BCUT2D eigenvalue weighted by atomic mass is 9.71. The van der Waals surface area contributed by atoms with Crippen LogP contribution in [0.25, 0.3) is 44.5 Å². The third kappa shape index (κ3) is 9.91. The molecule has 0 saturated heterocycles. The van der Waals surface area contributed by atoms with Crippen molar-refractivity contribution in [1.82, 2.24) is 0 Å². The minimum absolute atomic E-state index is 0.183. The maximum atomic E-state index is 11.0.